The number of allylic oxidation sites excluding steroid dienone is 1. The molecular weight excluding hydrogens is 506 g/mol. The first-order chi connectivity index (χ1) is 19.8. The SMILES string of the molecule is CC(=O)O[C@H]1CC[C@@]2(C)C(=CC[C@H]3[C@@H]4C[C@H]5[C@H](c6ccccc6)[C@@H](C[C@@H](O)c6ccccc6)N[C@H]5[C@@]4(C)CC[C@@H]32)C1. The van der Waals surface area contributed by atoms with Gasteiger partial charge in [0.2, 0.25) is 0 Å². The molecule has 2 aromatic rings. The monoisotopic (exact) mass is 553 g/mol. The molecule has 1 heterocycles. The fourth-order valence-electron chi connectivity index (χ4n) is 10.8. The maximum atomic E-state index is 11.7. The zero-order valence-electron chi connectivity index (χ0n) is 25.0. The van der Waals surface area contributed by atoms with E-state index in [-0.39, 0.29) is 28.9 Å². The van der Waals surface area contributed by atoms with Gasteiger partial charge < -0.3 is 15.2 Å². The van der Waals surface area contributed by atoms with Crippen molar-refractivity contribution in [1.29, 1.82) is 0 Å². The van der Waals surface area contributed by atoms with Gasteiger partial charge in [0.15, 0.2) is 0 Å². The number of aliphatic hydroxyl groups excluding tert-OH is 1. The molecule has 0 amide bonds. The Morgan fingerprint density at radius 1 is 1.00 bits per heavy atom. The second kappa shape index (κ2) is 10.4. The summed E-state index contributed by atoms with van der Waals surface area (Å²) in [6.45, 7) is 6.68. The molecule has 1 aliphatic heterocycles. The van der Waals surface area contributed by atoms with E-state index in [1.165, 1.54) is 31.2 Å². The third-order valence-corrected chi connectivity index (χ3v) is 12.6. The average Bonchev–Trinajstić information content (AvgIpc) is 3.47. The van der Waals surface area contributed by atoms with Gasteiger partial charge in [-0.2, -0.15) is 0 Å². The van der Waals surface area contributed by atoms with Crippen molar-refractivity contribution >= 4 is 5.97 Å². The summed E-state index contributed by atoms with van der Waals surface area (Å²) in [5.41, 5.74) is 4.53. The Hall–Kier alpha value is -2.43. The second-order valence-corrected chi connectivity index (χ2v) is 14.5. The van der Waals surface area contributed by atoms with E-state index in [0.717, 1.165) is 49.0 Å². The van der Waals surface area contributed by atoms with Crippen molar-refractivity contribution in [2.45, 2.75) is 102 Å². The lowest BCUT2D eigenvalue weighted by atomic mass is 9.48. The second-order valence-electron chi connectivity index (χ2n) is 14.5. The van der Waals surface area contributed by atoms with Crippen LogP contribution in [0.4, 0.5) is 0 Å². The van der Waals surface area contributed by atoms with E-state index >= 15 is 0 Å². The predicted molar refractivity (Wildman–Crippen MR) is 162 cm³/mol. The van der Waals surface area contributed by atoms with E-state index in [9.17, 15) is 9.90 Å². The number of hydrogen-bond donors (Lipinski definition) is 2. The molecule has 0 unspecified atom stereocenters. The summed E-state index contributed by atoms with van der Waals surface area (Å²) in [6, 6.07) is 22.1. The quantitative estimate of drug-likeness (QED) is 0.300. The summed E-state index contributed by atoms with van der Waals surface area (Å²) in [7, 11) is 0. The van der Waals surface area contributed by atoms with Crippen LogP contribution in [0.25, 0.3) is 0 Å². The van der Waals surface area contributed by atoms with Gasteiger partial charge in [-0.05, 0) is 90.6 Å². The Balaban J connectivity index is 1.16. The van der Waals surface area contributed by atoms with Crippen LogP contribution in [-0.4, -0.2) is 29.3 Å². The third-order valence-electron chi connectivity index (χ3n) is 12.6. The fraction of sp³-hybridized carbons (Fsp3) is 0.595. The van der Waals surface area contributed by atoms with Gasteiger partial charge in [-0.3, -0.25) is 4.79 Å². The van der Waals surface area contributed by atoms with Crippen molar-refractivity contribution in [3.63, 3.8) is 0 Å². The van der Waals surface area contributed by atoms with Gasteiger partial charge in [0.25, 0.3) is 0 Å². The Bertz CT molecular complexity index is 1290. The highest BCUT2D eigenvalue weighted by Crippen LogP contribution is 2.68. The van der Waals surface area contributed by atoms with Crippen LogP contribution in [0.15, 0.2) is 72.3 Å². The molecule has 41 heavy (non-hydrogen) atoms. The minimum Gasteiger partial charge on any atom is -0.462 e. The van der Waals surface area contributed by atoms with Crippen molar-refractivity contribution in [1.82, 2.24) is 5.32 Å². The molecule has 5 aliphatic rings. The Morgan fingerprint density at radius 2 is 1.73 bits per heavy atom. The predicted octanol–water partition coefficient (Wildman–Crippen LogP) is 7.35. The minimum atomic E-state index is -0.456. The number of nitrogens with one attached hydrogen (secondary N) is 1. The molecule has 0 spiro atoms. The van der Waals surface area contributed by atoms with Crippen LogP contribution in [0, 0.1) is 34.5 Å². The van der Waals surface area contributed by atoms with Gasteiger partial charge >= 0.3 is 5.97 Å². The highest BCUT2D eigenvalue weighted by molar-refractivity contribution is 5.66. The summed E-state index contributed by atoms with van der Waals surface area (Å²) in [5, 5.41) is 15.5. The van der Waals surface area contributed by atoms with Gasteiger partial charge in [-0.1, -0.05) is 86.2 Å². The summed E-state index contributed by atoms with van der Waals surface area (Å²) in [4.78, 5) is 11.7. The number of carbonyl (C=O) groups is 1. The van der Waals surface area contributed by atoms with Gasteiger partial charge in [-0.25, -0.2) is 0 Å². The van der Waals surface area contributed by atoms with Crippen molar-refractivity contribution < 1.29 is 14.6 Å². The molecule has 4 fully saturated rings. The van der Waals surface area contributed by atoms with E-state index in [0.29, 0.717) is 17.9 Å². The van der Waals surface area contributed by atoms with Crippen molar-refractivity contribution in [3.05, 3.63) is 83.4 Å². The molecule has 4 aliphatic carbocycles. The Labute approximate surface area is 246 Å². The van der Waals surface area contributed by atoms with Crippen LogP contribution in [0.3, 0.4) is 0 Å². The van der Waals surface area contributed by atoms with Gasteiger partial charge in [0, 0.05) is 31.3 Å². The molecule has 0 bridgehead atoms. The van der Waals surface area contributed by atoms with Crippen LogP contribution < -0.4 is 5.32 Å². The number of ether oxygens (including phenoxy) is 1. The first-order valence-electron chi connectivity index (χ1n) is 16.2. The van der Waals surface area contributed by atoms with Crippen LogP contribution in [0.1, 0.15) is 95.3 Å². The molecule has 2 N–H and O–H groups in total. The van der Waals surface area contributed by atoms with Gasteiger partial charge in [-0.15, -0.1) is 0 Å². The summed E-state index contributed by atoms with van der Waals surface area (Å²) < 4.78 is 5.67. The molecule has 0 aromatic heterocycles. The lowest BCUT2D eigenvalue weighted by Gasteiger charge is -2.58. The lowest BCUT2D eigenvalue weighted by molar-refractivity contribution is -0.148. The highest BCUT2D eigenvalue weighted by atomic mass is 16.5. The van der Waals surface area contributed by atoms with E-state index < -0.39 is 6.10 Å². The number of carbonyl (C=O) groups excluding carboxylic acids is 1. The zero-order chi connectivity index (χ0) is 28.4. The van der Waals surface area contributed by atoms with Crippen LogP contribution >= 0.6 is 0 Å². The van der Waals surface area contributed by atoms with Crippen LogP contribution in [0.5, 0.6) is 0 Å². The van der Waals surface area contributed by atoms with E-state index in [4.69, 9.17) is 4.74 Å². The number of rotatable bonds is 5. The molecule has 3 saturated carbocycles. The first kappa shape index (κ1) is 27.4. The smallest absolute Gasteiger partial charge is 0.302 e. The molecule has 4 heteroatoms. The molecule has 218 valence electrons. The first-order valence-corrected chi connectivity index (χ1v) is 16.2. The zero-order valence-corrected chi connectivity index (χ0v) is 25.0. The Kier molecular flexibility index (Phi) is 6.94. The lowest BCUT2D eigenvalue weighted by Crippen LogP contribution is -2.53. The minimum absolute atomic E-state index is 0.0575. The van der Waals surface area contributed by atoms with Crippen molar-refractivity contribution in [2.24, 2.45) is 34.5 Å². The fourth-order valence-corrected chi connectivity index (χ4v) is 10.8. The molecule has 0 radical (unpaired) electrons. The van der Waals surface area contributed by atoms with Crippen LogP contribution in [0.2, 0.25) is 0 Å². The van der Waals surface area contributed by atoms with E-state index in [2.05, 4.69) is 67.7 Å². The molecule has 2 aromatic carbocycles. The standard InChI is InChI=1S/C37H47NO3/c1-23(39)41-27-16-18-36(2)26(20-27)14-15-28-30(36)17-19-37(3)31(28)21-29-34(25-12-8-5-9-13-25)32(38-35(29)37)22-33(40)24-10-6-4-7-11-24/h4-14,27-35,38,40H,15-22H2,1-3H3/t27-,28+,29-,30-,31-,32+,33+,34-,35+,36-,37-/m0/s1. The molecule has 1 saturated heterocycles. The van der Waals surface area contributed by atoms with Crippen LogP contribution in [-0.2, 0) is 9.53 Å². The highest BCUT2D eigenvalue weighted by Gasteiger charge is 2.64. The Morgan fingerprint density at radius 3 is 2.46 bits per heavy atom. The summed E-state index contributed by atoms with van der Waals surface area (Å²) >= 11 is 0. The molecular formula is C37H47NO3. The number of hydrogen-bond acceptors (Lipinski definition) is 4. The molecule has 4 nitrogen and oxygen atoms in total. The van der Waals surface area contributed by atoms with Crippen molar-refractivity contribution in [3.8, 4) is 0 Å². The largest absolute Gasteiger partial charge is 0.462 e. The maximum Gasteiger partial charge on any atom is 0.302 e. The van der Waals surface area contributed by atoms with Crippen molar-refractivity contribution in [2.75, 3.05) is 0 Å². The maximum absolute atomic E-state index is 11.7. The number of fused-ring (bicyclic) bond motifs is 7. The number of esters is 1. The topological polar surface area (TPSA) is 58.6 Å². The van der Waals surface area contributed by atoms with E-state index in [1.54, 1.807) is 12.5 Å². The number of aliphatic hydroxyl groups is 1. The normalized spacial score (nSPS) is 41.8. The number of benzene rings is 2. The van der Waals surface area contributed by atoms with E-state index in [1.807, 2.05) is 18.2 Å². The van der Waals surface area contributed by atoms with Gasteiger partial charge in [0.1, 0.15) is 6.10 Å². The molecule has 11 atom stereocenters. The summed E-state index contributed by atoms with van der Waals surface area (Å²) in [5.74, 6) is 3.04. The average molecular weight is 554 g/mol. The van der Waals surface area contributed by atoms with Gasteiger partial charge in [0.05, 0.1) is 6.10 Å². The summed E-state index contributed by atoms with van der Waals surface area (Å²) in [6.07, 6.45) is 11.0. The third kappa shape index (κ3) is 4.52. The molecule has 7 rings (SSSR count).